The number of primary amides is 1. The molecule has 1 aromatic rings. The van der Waals surface area contributed by atoms with Crippen LogP contribution in [0.3, 0.4) is 0 Å². The van der Waals surface area contributed by atoms with Gasteiger partial charge >= 0.3 is 0 Å². The van der Waals surface area contributed by atoms with E-state index in [9.17, 15) is 28.8 Å². The first kappa shape index (κ1) is 13.9. The number of rotatable bonds is 4. The van der Waals surface area contributed by atoms with Crippen LogP contribution in [0.15, 0.2) is 12.1 Å². The summed E-state index contributed by atoms with van der Waals surface area (Å²) in [6, 6.07) is 0.561. The van der Waals surface area contributed by atoms with Crippen LogP contribution in [0.1, 0.15) is 11.7 Å². The fourth-order valence-corrected chi connectivity index (χ4v) is 1.27. The Hall–Kier alpha value is -2.13. The molecule has 0 aliphatic heterocycles. The molecule has 0 bridgehead atoms. The Kier molecular flexibility index (Phi) is 3.89. The van der Waals surface area contributed by atoms with E-state index < -0.39 is 45.9 Å². The highest BCUT2D eigenvalue weighted by molar-refractivity contribution is 5.79. The molecule has 4 N–H and O–H groups in total. The van der Waals surface area contributed by atoms with Gasteiger partial charge in [0.15, 0.2) is 17.7 Å². The molecule has 0 aromatic heterocycles. The molecule has 0 spiro atoms. The molecular weight excluding hydrogens is 254 g/mol. The van der Waals surface area contributed by atoms with Crippen LogP contribution in [0.4, 0.5) is 14.5 Å². The lowest BCUT2D eigenvalue weighted by atomic mass is 10.0. The molecular formula is C9H8F2N2O5. The third kappa shape index (κ3) is 2.57. The second-order valence-corrected chi connectivity index (χ2v) is 3.37. The Labute approximate surface area is 98.6 Å². The molecule has 98 valence electrons. The summed E-state index contributed by atoms with van der Waals surface area (Å²) in [5.41, 5.74) is 2.97. The molecule has 0 aliphatic carbocycles. The maximum atomic E-state index is 12.9. The van der Waals surface area contributed by atoms with Crippen LogP contribution in [0, 0.1) is 21.7 Å². The molecule has 9 heteroatoms. The zero-order valence-electron chi connectivity index (χ0n) is 8.71. The molecule has 2 unspecified atom stereocenters. The van der Waals surface area contributed by atoms with Crippen LogP contribution in [0.5, 0.6) is 0 Å². The summed E-state index contributed by atoms with van der Waals surface area (Å²) in [6.07, 6.45) is -4.30. The van der Waals surface area contributed by atoms with Crippen molar-refractivity contribution in [3.05, 3.63) is 39.4 Å². The number of aliphatic hydroxyl groups is 2. The number of hydrogen-bond donors (Lipinski definition) is 3. The van der Waals surface area contributed by atoms with Crippen LogP contribution in [0.25, 0.3) is 0 Å². The monoisotopic (exact) mass is 262 g/mol. The lowest BCUT2D eigenvalue weighted by Crippen LogP contribution is -2.34. The van der Waals surface area contributed by atoms with Crippen LogP contribution in [-0.4, -0.2) is 27.1 Å². The van der Waals surface area contributed by atoms with Crippen LogP contribution >= 0.6 is 0 Å². The van der Waals surface area contributed by atoms with Gasteiger partial charge in [0.1, 0.15) is 6.10 Å². The molecule has 1 rings (SSSR count). The van der Waals surface area contributed by atoms with E-state index in [0.29, 0.717) is 6.07 Å². The predicted molar refractivity (Wildman–Crippen MR) is 53.2 cm³/mol. The first-order chi connectivity index (χ1) is 8.25. The van der Waals surface area contributed by atoms with E-state index in [1.807, 2.05) is 0 Å². The van der Waals surface area contributed by atoms with Crippen LogP contribution in [-0.2, 0) is 4.79 Å². The molecule has 0 fully saturated rings. The number of nitrogens with two attached hydrogens (primary N) is 1. The van der Waals surface area contributed by atoms with Crippen molar-refractivity contribution in [3.8, 4) is 0 Å². The minimum Gasteiger partial charge on any atom is -0.385 e. The van der Waals surface area contributed by atoms with Gasteiger partial charge in [-0.05, 0) is 6.07 Å². The Morgan fingerprint density at radius 2 is 1.83 bits per heavy atom. The minimum absolute atomic E-state index is 0.238. The number of nitrogens with zero attached hydrogens (tertiary/aromatic N) is 1. The van der Waals surface area contributed by atoms with Crippen LogP contribution in [0.2, 0.25) is 0 Å². The van der Waals surface area contributed by atoms with E-state index in [2.05, 4.69) is 5.73 Å². The Balaban J connectivity index is 3.34. The maximum absolute atomic E-state index is 12.9. The van der Waals surface area contributed by atoms with E-state index in [1.165, 1.54) is 0 Å². The SMILES string of the molecule is NC(=O)C(O)C(O)c1cc(F)c(F)cc1[N+](=O)[O-]. The van der Waals surface area contributed by atoms with E-state index in [1.54, 1.807) is 0 Å². The molecule has 0 saturated carbocycles. The number of amides is 1. The van der Waals surface area contributed by atoms with E-state index in [0.717, 1.165) is 0 Å². The number of hydrogen-bond acceptors (Lipinski definition) is 5. The minimum atomic E-state index is -2.17. The quantitative estimate of drug-likeness (QED) is 0.509. The first-order valence-electron chi connectivity index (χ1n) is 4.54. The number of benzene rings is 1. The van der Waals surface area contributed by atoms with Crippen molar-refractivity contribution in [2.24, 2.45) is 5.73 Å². The zero-order valence-corrected chi connectivity index (χ0v) is 8.71. The highest BCUT2D eigenvalue weighted by Gasteiger charge is 2.31. The van der Waals surface area contributed by atoms with Gasteiger partial charge in [-0.2, -0.15) is 0 Å². The van der Waals surface area contributed by atoms with E-state index >= 15 is 0 Å². The average molecular weight is 262 g/mol. The van der Waals surface area contributed by atoms with Gasteiger partial charge in [-0.1, -0.05) is 0 Å². The molecule has 0 radical (unpaired) electrons. The number of nitro groups is 1. The molecule has 18 heavy (non-hydrogen) atoms. The van der Waals surface area contributed by atoms with Crippen molar-refractivity contribution < 1.29 is 28.7 Å². The number of aliphatic hydroxyl groups excluding tert-OH is 2. The van der Waals surface area contributed by atoms with Gasteiger partial charge in [-0.25, -0.2) is 8.78 Å². The summed E-state index contributed by atoms with van der Waals surface area (Å²) in [4.78, 5) is 20.1. The Morgan fingerprint density at radius 1 is 1.33 bits per heavy atom. The fourth-order valence-electron chi connectivity index (χ4n) is 1.27. The molecule has 0 saturated heterocycles. The summed E-state index contributed by atoms with van der Waals surface area (Å²) < 4.78 is 25.8. The maximum Gasteiger partial charge on any atom is 0.278 e. The van der Waals surface area contributed by atoms with Crippen LogP contribution < -0.4 is 5.73 Å². The van der Waals surface area contributed by atoms with Gasteiger partial charge in [0, 0.05) is 0 Å². The molecule has 0 aliphatic rings. The average Bonchev–Trinajstić information content (AvgIpc) is 2.29. The lowest BCUT2D eigenvalue weighted by molar-refractivity contribution is -0.386. The lowest BCUT2D eigenvalue weighted by Gasteiger charge is -2.15. The summed E-state index contributed by atoms with van der Waals surface area (Å²) in [6.45, 7) is 0. The third-order valence-electron chi connectivity index (χ3n) is 2.18. The van der Waals surface area contributed by atoms with Gasteiger partial charge in [0.05, 0.1) is 16.6 Å². The topological polar surface area (TPSA) is 127 Å². The van der Waals surface area contributed by atoms with Crippen molar-refractivity contribution in [1.82, 2.24) is 0 Å². The standard InChI is InChI=1S/C9H8F2N2O5/c10-4-1-3(7(14)8(15)9(12)16)6(13(17)18)2-5(4)11/h1-2,7-8,14-15H,(H2,12,16). The Bertz CT molecular complexity index is 508. The number of nitro benzene ring substituents is 1. The Morgan fingerprint density at radius 3 is 2.28 bits per heavy atom. The highest BCUT2D eigenvalue weighted by atomic mass is 19.2. The van der Waals surface area contributed by atoms with Gasteiger partial charge < -0.3 is 15.9 Å². The van der Waals surface area contributed by atoms with Crippen molar-refractivity contribution in [2.75, 3.05) is 0 Å². The van der Waals surface area contributed by atoms with Crippen molar-refractivity contribution >= 4 is 11.6 Å². The smallest absolute Gasteiger partial charge is 0.278 e. The predicted octanol–water partition coefficient (Wildman–Crippen LogP) is -0.247. The van der Waals surface area contributed by atoms with Crippen molar-refractivity contribution in [1.29, 1.82) is 0 Å². The normalized spacial score (nSPS) is 14.0. The first-order valence-corrected chi connectivity index (χ1v) is 4.54. The zero-order chi connectivity index (χ0) is 14.0. The third-order valence-corrected chi connectivity index (χ3v) is 2.18. The number of carbonyl (C=O) groups excluding carboxylic acids is 1. The van der Waals surface area contributed by atoms with Gasteiger partial charge in [0.25, 0.3) is 5.69 Å². The van der Waals surface area contributed by atoms with Crippen molar-refractivity contribution in [2.45, 2.75) is 12.2 Å². The van der Waals surface area contributed by atoms with E-state index in [-0.39, 0.29) is 6.07 Å². The summed E-state index contributed by atoms with van der Waals surface area (Å²) >= 11 is 0. The molecule has 1 amide bonds. The largest absolute Gasteiger partial charge is 0.385 e. The number of carbonyl (C=O) groups is 1. The molecule has 0 heterocycles. The molecule has 1 aromatic carbocycles. The number of halogens is 2. The van der Waals surface area contributed by atoms with Gasteiger partial charge in [0.2, 0.25) is 5.91 Å². The summed E-state index contributed by atoms with van der Waals surface area (Å²) in [7, 11) is 0. The second kappa shape index (κ2) is 5.02. The fraction of sp³-hybridized carbons (Fsp3) is 0.222. The van der Waals surface area contributed by atoms with Crippen molar-refractivity contribution in [3.63, 3.8) is 0 Å². The highest BCUT2D eigenvalue weighted by Crippen LogP contribution is 2.29. The molecule has 2 atom stereocenters. The summed E-state index contributed by atoms with van der Waals surface area (Å²) in [5.74, 6) is -4.32. The second-order valence-electron chi connectivity index (χ2n) is 3.37. The molecule has 7 nitrogen and oxygen atoms in total. The summed E-state index contributed by atoms with van der Waals surface area (Å²) in [5, 5.41) is 29.2. The van der Waals surface area contributed by atoms with E-state index in [4.69, 9.17) is 5.11 Å². The van der Waals surface area contributed by atoms with Gasteiger partial charge in [-0.15, -0.1) is 0 Å². The van der Waals surface area contributed by atoms with Gasteiger partial charge in [-0.3, -0.25) is 14.9 Å².